The van der Waals surface area contributed by atoms with Crippen LogP contribution in [-0.4, -0.2) is 17.1 Å². The van der Waals surface area contributed by atoms with Crippen LogP contribution in [0.1, 0.15) is 38.2 Å². The third-order valence-electron chi connectivity index (χ3n) is 5.75. The van der Waals surface area contributed by atoms with E-state index in [-0.39, 0.29) is 17.4 Å². The quantitative estimate of drug-likeness (QED) is 0.436. The van der Waals surface area contributed by atoms with Crippen LogP contribution >= 0.6 is 0 Å². The van der Waals surface area contributed by atoms with Crippen molar-refractivity contribution in [2.75, 3.05) is 5.32 Å². The van der Waals surface area contributed by atoms with Crippen LogP contribution < -0.4 is 10.6 Å². The topological polar surface area (TPSA) is 85.2 Å². The Hall–Kier alpha value is -2.48. The Morgan fingerprint density at radius 2 is 2.20 bits per heavy atom. The van der Waals surface area contributed by atoms with Gasteiger partial charge < -0.3 is 15.7 Å². The summed E-state index contributed by atoms with van der Waals surface area (Å²) < 4.78 is 0. The number of aromatic hydroxyl groups is 1. The number of carbonyl (C=O) groups excluding carboxylic acids is 1. The molecule has 3 N–H and O–H groups in total. The zero-order valence-corrected chi connectivity index (χ0v) is 14.7. The molecule has 1 aromatic carbocycles. The molecule has 1 aromatic rings. The van der Waals surface area contributed by atoms with E-state index < -0.39 is 5.91 Å². The van der Waals surface area contributed by atoms with Crippen LogP contribution in [0, 0.1) is 36.0 Å². The molecule has 2 aliphatic carbocycles. The van der Waals surface area contributed by atoms with E-state index >= 15 is 0 Å². The molecular weight excluding hydrogens is 314 g/mol. The van der Waals surface area contributed by atoms with Crippen LogP contribution in [0.5, 0.6) is 5.75 Å². The molecule has 0 spiro atoms. The van der Waals surface area contributed by atoms with Crippen LogP contribution in [0.2, 0.25) is 0 Å². The zero-order valence-electron chi connectivity index (χ0n) is 14.7. The summed E-state index contributed by atoms with van der Waals surface area (Å²) in [6.45, 7) is 3.93. The smallest absolute Gasteiger partial charge is 0.267 e. The third-order valence-corrected chi connectivity index (χ3v) is 5.75. The molecule has 0 radical (unpaired) electrons. The van der Waals surface area contributed by atoms with Crippen molar-refractivity contribution in [1.29, 1.82) is 5.26 Å². The van der Waals surface area contributed by atoms with Crippen LogP contribution in [-0.2, 0) is 4.79 Å². The summed E-state index contributed by atoms with van der Waals surface area (Å²) in [6, 6.07) is 6.94. The molecule has 132 valence electrons. The van der Waals surface area contributed by atoms with Gasteiger partial charge in [-0.05, 0) is 74.6 Å². The Balaban J connectivity index is 1.61. The van der Waals surface area contributed by atoms with E-state index in [9.17, 15) is 15.2 Å². The summed E-state index contributed by atoms with van der Waals surface area (Å²) in [5.41, 5.74) is 1.39. The van der Waals surface area contributed by atoms with Gasteiger partial charge in [0.1, 0.15) is 17.4 Å². The highest BCUT2D eigenvalue weighted by Crippen LogP contribution is 2.49. The Morgan fingerprint density at radius 1 is 1.40 bits per heavy atom. The number of nitrogens with zero attached hydrogens (tertiary/aromatic N) is 1. The first kappa shape index (κ1) is 17.3. The van der Waals surface area contributed by atoms with E-state index in [1.807, 2.05) is 6.07 Å². The predicted octanol–water partition coefficient (Wildman–Crippen LogP) is 3.46. The first-order chi connectivity index (χ1) is 12.0. The van der Waals surface area contributed by atoms with Gasteiger partial charge in [-0.1, -0.05) is 6.42 Å². The van der Waals surface area contributed by atoms with Crippen LogP contribution in [0.3, 0.4) is 0 Å². The Labute approximate surface area is 148 Å². The van der Waals surface area contributed by atoms with Crippen molar-refractivity contribution in [1.82, 2.24) is 5.32 Å². The lowest BCUT2D eigenvalue weighted by molar-refractivity contribution is -0.112. The van der Waals surface area contributed by atoms with Crippen molar-refractivity contribution >= 4 is 11.6 Å². The van der Waals surface area contributed by atoms with Crippen molar-refractivity contribution in [3.63, 3.8) is 0 Å². The lowest BCUT2D eigenvalue weighted by atomic mass is 9.84. The molecule has 2 saturated carbocycles. The standard InChI is InChI=1S/C20H25N3O2/c1-12-7-17(24)5-6-19(12)23-20(25)16(10-21)11-22-13(2)18-9-14-3-4-15(18)8-14/h5-7,11,13-15,18,22,24H,3-4,8-9H2,1-2H3,(H,23,25)/b16-11-. The number of rotatable bonds is 5. The van der Waals surface area contributed by atoms with Gasteiger partial charge in [0.15, 0.2) is 0 Å². The lowest BCUT2D eigenvalue weighted by Gasteiger charge is -2.28. The van der Waals surface area contributed by atoms with E-state index in [0.29, 0.717) is 11.6 Å². The Kier molecular flexibility index (Phi) is 4.98. The minimum absolute atomic E-state index is 0.0579. The number of fused-ring (bicyclic) bond motifs is 2. The zero-order chi connectivity index (χ0) is 18.0. The largest absolute Gasteiger partial charge is 0.508 e. The van der Waals surface area contributed by atoms with Gasteiger partial charge in [-0.2, -0.15) is 5.26 Å². The van der Waals surface area contributed by atoms with Crippen LogP contribution in [0.25, 0.3) is 0 Å². The minimum Gasteiger partial charge on any atom is -0.508 e. The monoisotopic (exact) mass is 339 g/mol. The highest BCUT2D eigenvalue weighted by Gasteiger charge is 2.41. The average Bonchev–Trinajstić information content (AvgIpc) is 3.21. The molecule has 4 atom stereocenters. The molecule has 4 unspecified atom stereocenters. The molecule has 3 rings (SSSR count). The number of anilines is 1. The summed E-state index contributed by atoms with van der Waals surface area (Å²) in [7, 11) is 0. The second-order valence-corrected chi connectivity index (χ2v) is 7.42. The molecule has 2 bridgehead atoms. The van der Waals surface area contributed by atoms with Crippen molar-refractivity contribution in [3.05, 3.63) is 35.5 Å². The van der Waals surface area contributed by atoms with E-state index in [1.54, 1.807) is 25.3 Å². The number of benzene rings is 1. The number of hydrogen-bond donors (Lipinski definition) is 3. The van der Waals surface area contributed by atoms with Crippen molar-refractivity contribution in [2.24, 2.45) is 17.8 Å². The summed E-state index contributed by atoms with van der Waals surface area (Å²) >= 11 is 0. The number of hydrogen-bond acceptors (Lipinski definition) is 4. The van der Waals surface area contributed by atoms with Crippen molar-refractivity contribution in [3.8, 4) is 11.8 Å². The molecule has 5 nitrogen and oxygen atoms in total. The van der Waals surface area contributed by atoms with E-state index in [0.717, 1.165) is 17.4 Å². The molecule has 0 aromatic heterocycles. The fraction of sp³-hybridized carbons (Fsp3) is 0.500. The fourth-order valence-electron chi connectivity index (χ4n) is 4.37. The molecule has 2 aliphatic rings. The Morgan fingerprint density at radius 3 is 2.80 bits per heavy atom. The molecule has 0 aliphatic heterocycles. The molecule has 2 fully saturated rings. The highest BCUT2D eigenvalue weighted by molar-refractivity contribution is 6.06. The van der Waals surface area contributed by atoms with E-state index in [4.69, 9.17) is 0 Å². The number of nitriles is 1. The van der Waals surface area contributed by atoms with Gasteiger partial charge in [0.25, 0.3) is 5.91 Å². The average molecular weight is 339 g/mol. The first-order valence-corrected chi connectivity index (χ1v) is 8.95. The van der Waals surface area contributed by atoms with Gasteiger partial charge in [-0.15, -0.1) is 0 Å². The van der Waals surface area contributed by atoms with Crippen molar-refractivity contribution in [2.45, 2.75) is 45.6 Å². The summed E-state index contributed by atoms with van der Waals surface area (Å²) in [4.78, 5) is 12.3. The number of phenolic OH excluding ortho intramolecular Hbond substituents is 1. The van der Waals surface area contributed by atoms with Gasteiger partial charge in [0.2, 0.25) is 0 Å². The number of amides is 1. The van der Waals surface area contributed by atoms with Gasteiger partial charge in [0.05, 0.1) is 0 Å². The Bertz CT molecular complexity index is 735. The first-order valence-electron chi connectivity index (χ1n) is 8.95. The van der Waals surface area contributed by atoms with Gasteiger partial charge in [-0.25, -0.2) is 0 Å². The molecule has 0 heterocycles. The predicted molar refractivity (Wildman–Crippen MR) is 96.7 cm³/mol. The fourth-order valence-corrected chi connectivity index (χ4v) is 4.37. The molecule has 5 heteroatoms. The number of nitrogens with one attached hydrogen (secondary N) is 2. The lowest BCUT2D eigenvalue weighted by Crippen LogP contribution is -2.34. The highest BCUT2D eigenvalue weighted by atomic mass is 16.3. The summed E-state index contributed by atoms with van der Waals surface area (Å²) in [5, 5.41) is 24.7. The van der Waals surface area contributed by atoms with Crippen LogP contribution in [0.15, 0.2) is 30.0 Å². The normalized spacial score (nSPS) is 26.1. The third kappa shape index (κ3) is 3.79. The van der Waals surface area contributed by atoms with Gasteiger partial charge >= 0.3 is 0 Å². The minimum atomic E-state index is -0.441. The van der Waals surface area contributed by atoms with E-state index in [2.05, 4.69) is 17.6 Å². The number of phenols is 1. The second kappa shape index (κ2) is 7.18. The van der Waals surface area contributed by atoms with E-state index in [1.165, 1.54) is 31.7 Å². The molecule has 0 saturated heterocycles. The maximum Gasteiger partial charge on any atom is 0.267 e. The molecule has 25 heavy (non-hydrogen) atoms. The molecular formula is C20H25N3O2. The SMILES string of the molecule is Cc1cc(O)ccc1NC(=O)/C(C#N)=C\NC(C)C1CC2CCC1C2. The van der Waals surface area contributed by atoms with Crippen molar-refractivity contribution < 1.29 is 9.90 Å². The second-order valence-electron chi connectivity index (χ2n) is 7.42. The van der Waals surface area contributed by atoms with Crippen LogP contribution in [0.4, 0.5) is 5.69 Å². The molecule has 1 amide bonds. The maximum atomic E-state index is 12.3. The summed E-state index contributed by atoms with van der Waals surface area (Å²) in [6.07, 6.45) is 6.82. The summed E-state index contributed by atoms with van der Waals surface area (Å²) in [5.74, 6) is 2.01. The van der Waals surface area contributed by atoms with Gasteiger partial charge in [-0.3, -0.25) is 4.79 Å². The maximum absolute atomic E-state index is 12.3. The van der Waals surface area contributed by atoms with Gasteiger partial charge in [0, 0.05) is 17.9 Å². The number of aryl methyl sites for hydroxylation is 1. The number of carbonyl (C=O) groups is 1.